The van der Waals surface area contributed by atoms with Gasteiger partial charge >= 0.3 is 5.97 Å². The number of aromatic nitrogens is 1. The van der Waals surface area contributed by atoms with Gasteiger partial charge in [0.1, 0.15) is 11.9 Å². The van der Waals surface area contributed by atoms with E-state index in [2.05, 4.69) is 15.2 Å². The lowest BCUT2D eigenvalue weighted by Crippen LogP contribution is -2.45. The number of nitrogens with zero attached hydrogens (tertiary/aromatic N) is 3. The molecule has 2 aliphatic rings. The molecule has 1 aromatic heterocycles. The molecule has 36 heavy (non-hydrogen) atoms. The third-order valence-electron chi connectivity index (χ3n) is 7.91. The van der Waals surface area contributed by atoms with Gasteiger partial charge in [-0.3, -0.25) is 9.59 Å². The summed E-state index contributed by atoms with van der Waals surface area (Å²) >= 11 is 1.56. The van der Waals surface area contributed by atoms with Gasteiger partial charge in [0.2, 0.25) is 0 Å². The highest BCUT2D eigenvalue weighted by Crippen LogP contribution is 2.34. The fraction of sp³-hybridized carbons (Fsp3) is 0.741. The van der Waals surface area contributed by atoms with Crippen LogP contribution in [0.2, 0.25) is 0 Å². The Hall–Kier alpha value is -1.97. The Morgan fingerprint density at radius 1 is 1.22 bits per heavy atom. The Labute approximate surface area is 218 Å². The predicted molar refractivity (Wildman–Crippen MR) is 140 cm³/mol. The Bertz CT molecular complexity index is 988. The van der Waals surface area contributed by atoms with Crippen LogP contribution in [0.3, 0.4) is 0 Å². The van der Waals surface area contributed by atoms with Crippen LogP contribution in [0.15, 0.2) is 21.2 Å². The van der Waals surface area contributed by atoms with Crippen LogP contribution in [0, 0.1) is 30.1 Å². The van der Waals surface area contributed by atoms with E-state index in [1.807, 2.05) is 32.2 Å². The number of aryl methyl sites for hydroxylation is 1. The molecule has 0 bridgehead atoms. The fourth-order valence-corrected chi connectivity index (χ4v) is 5.78. The summed E-state index contributed by atoms with van der Waals surface area (Å²) in [4.78, 5) is 30.7. The van der Waals surface area contributed by atoms with Crippen LogP contribution in [-0.2, 0) is 14.3 Å². The molecule has 2 N–H and O–H groups in total. The van der Waals surface area contributed by atoms with Crippen molar-refractivity contribution in [2.24, 2.45) is 33.4 Å². The zero-order valence-electron chi connectivity index (χ0n) is 22.3. The number of ketones is 1. The summed E-state index contributed by atoms with van der Waals surface area (Å²) in [5, 5.41) is 33.5. The maximum Gasteiger partial charge on any atom is 0.309 e. The third-order valence-corrected chi connectivity index (χ3v) is 8.70. The smallest absolute Gasteiger partial charge is 0.309 e. The number of fused-ring (bicyclic) bond motifs is 1. The summed E-state index contributed by atoms with van der Waals surface area (Å²) in [6.07, 6.45) is 2.09. The number of esters is 1. The van der Waals surface area contributed by atoms with Gasteiger partial charge in [-0.25, -0.2) is 4.98 Å². The molecule has 3 rings (SSSR count). The lowest BCUT2D eigenvalue weighted by molar-refractivity contribution is -0.154. The summed E-state index contributed by atoms with van der Waals surface area (Å²) in [5.41, 5.74) is 0.460. The number of hydrogen-bond donors (Lipinski definition) is 2. The minimum absolute atomic E-state index is 0.0667. The third kappa shape index (κ3) is 6.86. The highest BCUT2D eigenvalue weighted by molar-refractivity contribution is 7.09. The maximum absolute atomic E-state index is 13.2. The van der Waals surface area contributed by atoms with Gasteiger partial charge < -0.3 is 14.9 Å². The van der Waals surface area contributed by atoms with Gasteiger partial charge in [0.25, 0.3) is 0 Å². The summed E-state index contributed by atoms with van der Waals surface area (Å²) in [7, 11) is 0. The molecule has 1 saturated heterocycles. The molecular formula is C27H41N3O5S. The molecule has 7 atom stereocenters. The first-order valence-corrected chi connectivity index (χ1v) is 13.8. The first-order valence-electron chi connectivity index (χ1n) is 13.0. The summed E-state index contributed by atoms with van der Waals surface area (Å²) in [6.45, 7) is 11.4. The number of azo groups is 1. The van der Waals surface area contributed by atoms with E-state index in [9.17, 15) is 19.8 Å². The highest BCUT2D eigenvalue weighted by atomic mass is 32.1. The number of thiazole rings is 1. The monoisotopic (exact) mass is 519 g/mol. The number of aliphatic hydroxyl groups excluding tert-OH is 2. The average molecular weight is 520 g/mol. The number of cyclic esters (lactones) is 1. The van der Waals surface area contributed by atoms with Crippen LogP contribution in [0.4, 0.5) is 0 Å². The molecule has 200 valence electrons. The number of rotatable bonds is 2. The minimum atomic E-state index is -1.24. The van der Waals surface area contributed by atoms with Crippen molar-refractivity contribution >= 4 is 29.2 Å². The average Bonchev–Trinajstić information content (AvgIpc) is 3.44. The second-order valence-corrected chi connectivity index (χ2v) is 12.2. The first-order chi connectivity index (χ1) is 16.9. The number of hydrogen-bond acceptors (Lipinski definition) is 9. The molecule has 0 radical (unpaired) electrons. The summed E-state index contributed by atoms with van der Waals surface area (Å²) in [6, 6.07) is -0.0710. The molecule has 0 saturated carbocycles. The molecular weight excluding hydrogens is 478 g/mol. The number of ether oxygens (including phenoxy) is 1. The lowest BCUT2D eigenvalue weighted by atomic mass is 9.73. The number of carbonyl (C=O) groups excluding carboxylic acids is 2. The van der Waals surface area contributed by atoms with Gasteiger partial charge in [0, 0.05) is 23.6 Å². The van der Waals surface area contributed by atoms with Gasteiger partial charge in [0.05, 0.1) is 47.3 Å². The molecule has 0 spiro atoms. The van der Waals surface area contributed by atoms with Crippen LogP contribution < -0.4 is 0 Å². The fourth-order valence-electron chi connectivity index (χ4n) is 5.21. The summed E-state index contributed by atoms with van der Waals surface area (Å²) in [5.74, 6) is -1.31. The normalized spacial score (nSPS) is 34.9. The minimum Gasteiger partial charge on any atom is -0.458 e. The van der Waals surface area contributed by atoms with Gasteiger partial charge in [-0.2, -0.15) is 10.2 Å². The lowest BCUT2D eigenvalue weighted by Gasteiger charge is -2.34. The Balaban J connectivity index is 1.88. The van der Waals surface area contributed by atoms with Crippen molar-refractivity contribution in [1.29, 1.82) is 0 Å². The molecule has 1 aromatic rings. The number of aliphatic hydroxyl groups is 2. The summed E-state index contributed by atoms with van der Waals surface area (Å²) < 4.78 is 5.91. The molecule has 3 heterocycles. The molecule has 0 aromatic carbocycles. The van der Waals surface area contributed by atoms with Gasteiger partial charge in [-0.1, -0.05) is 34.1 Å². The Morgan fingerprint density at radius 2 is 1.94 bits per heavy atom. The van der Waals surface area contributed by atoms with Gasteiger partial charge in [-0.15, -0.1) is 11.3 Å². The second kappa shape index (κ2) is 12.0. The zero-order chi connectivity index (χ0) is 26.6. The first kappa shape index (κ1) is 28.6. The molecule has 2 aliphatic heterocycles. The SMILES string of the molecule is CC(=Cc1csc(C)n1)[C@@H]1CC2N=NCC2CCC[C@H](C)[C@H](O)[C@@H](C)C(=O)C(C)(C)[C@@H](O)CC(=O)O1. The van der Waals surface area contributed by atoms with Crippen molar-refractivity contribution in [3.8, 4) is 0 Å². The predicted octanol–water partition coefficient (Wildman–Crippen LogP) is 4.77. The van der Waals surface area contributed by atoms with Crippen LogP contribution in [-0.4, -0.2) is 57.8 Å². The van der Waals surface area contributed by atoms with E-state index in [0.29, 0.717) is 13.0 Å². The Kier molecular flexibility index (Phi) is 9.57. The van der Waals surface area contributed by atoms with Crippen molar-refractivity contribution < 1.29 is 24.5 Å². The van der Waals surface area contributed by atoms with Crippen molar-refractivity contribution in [1.82, 2.24) is 4.98 Å². The van der Waals surface area contributed by atoms with Crippen LogP contribution in [0.1, 0.15) is 77.4 Å². The van der Waals surface area contributed by atoms with Crippen LogP contribution >= 0.6 is 11.3 Å². The number of carbonyl (C=O) groups is 2. The van der Waals surface area contributed by atoms with E-state index in [0.717, 1.165) is 35.5 Å². The molecule has 0 amide bonds. The van der Waals surface area contributed by atoms with Gasteiger partial charge in [-0.05, 0) is 44.3 Å². The topological polar surface area (TPSA) is 121 Å². The van der Waals surface area contributed by atoms with Crippen LogP contribution in [0.25, 0.3) is 6.08 Å². The van der Waals surface area contributed by atoms with E-state index in [4.69, 9.17) is 4.74 Å². The van der Waals surface area contributed by atoms with Crippen molar-refractivity contribution in [3.05, 3.63) is 21.7 Å². The van der Waals surface area contributed by atoms with E-state index in [1.54, 1.807) is 32.1 Å². The zero-order valence-corrected chi connectivity index (χ0v) is 23.1. The second-order valence-electron chi connectivity index (χ2n) is 11.2. The van der Waals surface area contributed by atoms with E-state index >= 15 is 0 Å². The van der Waals surface area contributed by atoms with E-state index in [1.165, 1.54) is 0 Å². The molecule has 1 fully saturated rings. The van der Waals surface area contributed by atoms with Crippen LogP contribution in [0.5, 0.6) is 0 Å². The van der Waals surface area contributed by atoms with Crippen molar-refractivity contribution in [3.63, 3.8) is 0 Å². The van der Waals surface area contributed by atoms with E-state index in [-0.39, 0.29) is 30.1 Å². The largest absolute Gasteiger partial charge is 0.458 e. The molecule has 9 heteroatoms. The Morgan fingerprint density at radius 3 is 2.61 bits per heavy atom. The molecule has 8 nitrogen and oxygen atoms in total. The standard InChI is InChI=1S/C27H41N3O5S/c1-15-8-7-9-19-13-28-30-21(19)11-22(16(2)10-20-14-36-18(4)29-20)35-24(32)12-23(31)27(5,6)26(34)17(3)25(15)33/h10,14-15,17,19,21-23,25,31,33H,7-9,11-13H2,1-6H3/t15-,17+,19?,21?,22-,23-,25-/m0/s1. The molecule has 2 unspecified atom stereocenters. The van der Waals surface area contributed by atoms with E-state index < -0.39 is 35.6 Å². The quantitative estimate of drug-likeness (QED) is 0.543. The number of Topliss-reactive ketones (excluding diaryl/α,β-unsaturated/α-hetero) is 1. The maximum atomic E-state index is 13.2. The van der Waals surface area contributed by atoms with Crippen molar-refractivity contribution in [2.75, 3.05) is 6.54 Å². The highest BCUT2D eigenvalue weighted by Gasteiger charge is 2.42. The van der Waals surface area contributed by atoms with Crippen molar-refractivity contribution in [2.45, 2.75) is 98.0 Å². The van der Waals surface area contributed by atoms with Gasteiger partial charge in [0.15, 0.2) is 0 Å². The molecule has 0 aliphatic carbocycles.